The molecule has 1 rings (SSSR count). The van der Waals surface area contributed by atoms with E-state index in [1.54, 1.807) is 18.9 Å². The minimum atomic E-state index is -0.877. The fourth-order valence-electron chi connectivity index (χ4n) is 1.79. The largest absolute Gasteiger partial charge is 0.481 e. The first kappa shape index (κ1) is 14.2. The Kier molecular flexibility index (Phi) is 4.88. The van der Waals surface area contributed by atoms with E-state index in [0.29, 0.717) is 24.1 Å². The minimum absolute atomic E-state index is 0.0751. The molecule has 18 heavy (non-hydrogen) atoms. The Hall–Kier alpha value is -1.85. The average molecular weight is 253 g/mol. The van der Waals surface area contributed by atoms with Crippen LogP contribution in [0.1, 0.15) is 24.7 Å². The maximum atomic E-state index is 10.9. The van der Waals surface area contributed by atoms with Crippen molar-refractivity contribution in [2.24, 2.45) is 0 Å². The van der Waals surface area contributed by atoms with Crippen molar-refractivity contribution >= 4 is 11.8 Å². The lowest BCUT2D eigenvalue weighted by atomic mass is 10.2. The molecule has 6 nitrogen and oxygen atoms in total. The van der Waals surface area contributed by atoms with Crippen LogP contribution in [0.25, 0.3) is 0 Å². The fraction of sp³-hybridized carbons (Fsp3) is 0.583. The van der Waals surface area contributed by atoms with E-state index in [1.165, 1.54) is 0 Å². The van der Waals surface area contributed by atoms with E-state index in [4.69, 9.17) is 9.84 Å². The second-order valence-electron chi connectivity index (χ2n) is 4.04. The number of nitrogens with zero attached hydrogens (tertiary/aromatic N) is 3. The Balaban J connectivity index is 3.17. The van der Waals surface area contributed by atoms with Gasteiger partial charge in [0.25, 0.3) is 0 Å². The van der Waals surface area contributed by atoms with Crippen LogP contribution in [0.15, 0.2) is 0 Å². The first-order valence-corrected chi connectivity index (χ1v) is 5.85. The molecular weight excluding hydrogens is 234 g/mol. The van der Waals surface area contributed by atoms with Crippen LogP contribution in [-0.2, 0) is 4.79 Å². The lowest BCUT2D eigenvalue weighted by Crippen LogP contribution is -2.32. The van der Waals surface area contributed by atoms with E-state index >= 15 is 0 Å². The third-order valence-electron chi connectivity index (χ3n) is 2.50. The number of ether oxygens (including phenoxy) is 1. The number of anilines is 1. The molecule has 0 unspecified atom stereocenters. The smallest absolute Gasteiger partial charge is 0.323 e. The van der Waals surface area contributed by atoms with Crippen LogP contribution in [-0.4, -0.2) is 41.2 Å². The monoisotopic (exact) mass is 253 g/mol. The van der Waals surface area contributed by atoms with Crippen LogP contribution in [0.5, 0.6) is 5.88 Å². The van der Waals surface area contributed by atoms with Gasteiger partial charge in [-0.3, -0.25) is 4.79 Å². The number of carbonyl (C=O) groups is 1. The van der Waals surface area contributed by atoms with Crippen molar-refractivity contribution in [3.8, 4) is 5.88 Å². The van der Waals surface area contributed by atoms with Crippen molar-refractivity contribution < 1.29 is 14.6 Å². The topological polar surface area (TPSA) is 75.6 Å². The van der Waals surface area contributed by atoms with E-state index in [1.807, 2.05) is 13.8 Å². The van der Waals surface area contributed by atoms with Gasteiger partial charge in [0, 0.05) is 6.54 Å². The summed E-state index contributed by atoms with van der Waals surface area (Å²) in [7, 11) is 1.54. The Labute approximate surface area is 107 Å². The molecule has 0 aliphatic rings. The molecule has 1 N–H and O–H groups in total. The Bertz CT molecular complexity index is 435. The molecule has 1 aromatic heterocycles. The van der Waals surface area contributed by atoms with Crippen molar-refractivity contribution in [3.05, 3.63) is 11.4 Å². The highest BCUT2D eigenvalue weighted by molar-refractivity contribution is 5.73. The third-order valence-corrected chi connectivity index (χ3v) is 2.50. The summed E-state index contributed by atoms with van der Waals surface area (Å²) in [5.74, 6) is 0.810. The van der Waals surface area contributed by atoms with Gasteiger partial charge in [-0.2, -0.15) is 4.98 Å². The van der Waals surface area contributed by atoms with E-state index in [9.17, 15) is 4.79 Å². The van der Waals surface area contributed by atoms with E-state index in [2.05, 4.69) is 9.97 Å². The summed E-state index contributed by atoms with van der Waals surface area (Å²) in [5, 5.41) is 8.94. The third kappa shape index (κ3) is 3.32. The van der Waals surface area contributed by atoms with Gasteiger partial charge >= 0.3 is 5.97 Å². The Morgan fingerprint density at radius 1 is 1.39 bits per heavy atom. The standard InChI is InChI=1S/C12H19N3O3/c1-5-6-15(7-10(16)17)11-8(2)12(18-4)14-9(3)13-11/h5-7H2,1-4H3,(H,16,17). The van der Waals surface area contributed by atoms with Gasteiger partial charge in [-0.1, -0.05) is 6.92 Å². The number of carboxylic acids is 1. The molecule has 0 amide bonds. The summed E-state index contributed by atoms with van der Waals surface area (Å²) in [5.41, 5.74) is 0.762. The molecule has 0 fully saturated rings. The van der Waals surface area contributed by atoms with Crippen LogP contribution < -0.4 is 9.64 Å². The molecule has 0 aromatic carbocycles. The average Bonchev–Trinajstić information content (AvgIpc) is 2.30. The molecule has 100 valence electrons. The van der Waals surface area contributed by atoms with Gasteiger partial charge in [0.05, 0.1) is 12.7 Å². The Morgan fingerprint density at radius 3 is 2.56 bits per heavy atom. The van der Waals surface area contributed by atoms with Crippen molar-refractivity contribution in [2.75, 3.05) is 25.1 Å². The predicted molar refractivity (Wildman–Crippen MR) is 68.2 cm³/mol. The van der Waals surface area contributed by atoms with Gasteiger partial charge in [-0.15, -0.1) is 0 Å². The number of aliphatic carboxylic acids is 1. The number of hydrogen-bond donors (Lipinski definition) is 1. The quantitative estimate of drug-likeness (QED) is 0.826. The highest BCUT2D eigenvalue weighted by atomic mass is 16.5. The van der Waals surface area contributed by atoms with Crippen LogP contribution in [0, 0.1) is 13.8 Å². The summed E-state index contributed by atoms with van der Waals surface area (Å²) in [4.78, 5) is 21.1. The number of aromatic nitrogens is 2. The molecule has 0 aliphatic carbocycles. The zero-order chi connectivity index (χ0) is 13.7. The maximum absolute atomic E-state index is 10.9. The highest BCUT2D eigenvalue weighted by Crippen LogP contribution is 2.24. The summed E-state index contributed by atoms with van der Waals surface area (Å²) in [6.45, 7) is 6.14. The van der Waals surface area contributed by atoms with Gasteiger partial charge < -0.3 is 14.7 Å². The van der Waals surface area contributed by atoms with Gasteiger partial charge in [-0.05, 0) is 20.3 Å². The lowest BCUT2D eigenvalue weighted by molar-refractivity contribution is -0.135. The van der Waals surface area contributed by atoms with Crippen LogP contribution >= 0.6 is 0 Å². The normalized spacial score (nSPS) is 10.2. The number of methoxy groups -OCH3 is 1. The molecule has 0 bridgehead atoms. The highest BCUT2D eigenvalue weighted by Gasteiger charge is 2.17. The van der Waals surface area contributed by atoms with Crippen molar-refractivity contribution in [3.63, 3.8) is 0 Å². The molecule has 0 radical (unpaired) electrons. The second-order valence-corrected chi connectivity index (χ2v) is 4.04. The molecular formula is C12H19N3O3. The van der Waals surface area contributed by atoms with E-state index < -0.39 is 5.97 Å². The second kappa shape index (κ2) is 6.18. The SMILES string of the molecule is CCCN(CC(=O)O)c1nc(C)nc(OC)c1C. The summed E-state index contributed by atoms with van der Waals surface area (Å²) in [6, 6.07) is 0. The fourth-order valence-corrected chi connectivity index (χ4v) is 1.79. The van der Waals surface area contributed by atoms with Crippen LogP contribution in [0.2, 0.25) is 0 Å². The van der Waals surface area contributed by atoms with E-state index in [0.717, 1.165) is 12.0 Å². The first-order chi connectivity index (χ1) is 8.49. The molecule has 0 saturated carbocycles. The molecule has 0 atom stereocenters. The molecule has 1 aromatic rings. The van der Waals surface area contributed by atoms with Crippen molar-refractivity contribution in [1.82, 2.24) is 9.97 Å². The summed E-state index contributed by atoms with van der Waals surface area (Å²) >= 11 is 0. The first-order valence-electron chi connectivity index (χ1n) is 5.85. The lowest BCUT2D eigenvalue weighted by Gasteiger charge is -2.23. The summed E-state index contributed by atoms with van der Waals surface area (Å²) in [6.07, 6.45) is 0.845. The van der Waals surface area contributed by atoms with Gasteiger partial charge in [0.1, 0.15) is 18.2 Å². The van der Waals surface area contributed by atoms with Gasteiger partial charge in [0.15, 0.2) is 0 Å². The Morgan fingerprint density at radius 2 is 2.06 bits per heavy atom. The van der Waals surface area contributed by atoms with Crippen molar-refractivity contribution in [1.29, 1.82) is 0 Å². The molecule has 0 saturated heterocycles. The number of hydrogen-bond acceptors (Lipinski definition) is 5. The van der Waals surface area contributed by atoms with Crippen molar-refractivity contribution in [2.45, 2.75) is 27.2 Å². The molecule has 6 heteroatoms. The number of aryl methyl sites for hydroxylation is 1. The minimum Gasteiger partial charge on any atom is -0.481 e. The molecule has 1 heterocycles. The van der Waals surface area contributed by atoms with Gasteiger partial charge in [-0.25, -0.2) is 4.98 Å². The zero-order valence-corrected chi connectivity index (χ0v) is 11.2. The van der Waals surface area contributed by atoms with Gasteiger partial charge in [0.2, 0.25) is 5.88 Å². The zero-order valence-electron chi connectivity index (χ0n) is 11.2. The van der Waals surface area contributed by atoms with Crippen LogP contribution in [0.4, 0.5) is 5.82 Å². The molecule has 0 aliphatic heterocycles. The maximum Gasteiger partial charge on any atom is 0.323 e. The number of carboxylic acid groups (broad SMARTS) is 1. The predicted octanol–water partition coefficient (Wildman–Crippen LogP) is 1.40. The van der Waals surface area contributed by atoms with Crippen LogP contribution in [0.3, 0.4) is 0 Å². The summed E-state index contributed by atoms with van der Waals surface area (Å²) < 4.78 is 5.17. The number of rotatable bonds is 6. The molecule has 0 spiro atoms. The van der Waals surface area contributed by atoms with E-state index in [-0.39, 0.29) is 6.54 Å².